The second-order valence-electron chi connectivity index (χ2n) is 4.44. The van der Waals surface area contributed by atoms with Crippen LogP contribution in [-0.2, 0) is 4.74 Å². The van der Waals surface area contributed by atoms with Crippen LogP contribution in [0, 0.1) is 11.7 Å². The largest absolute Gasteiger partial charge is 0.508 e. The van der Waals surface area contributed by atoms with Crippen molar-refractivity contribution in [2.24, 2.45) is 5.92 Å². The predicted molar refractivity (Wildman–Crippen MR) is 63.9 cm³/mol. The molecule has 0 bridgehead atoms. The molecule has 98 valence electrons. The van der Waals surface area contributed by atoms with Crippen LogP contribution < -0.4 is 5.32 Å². The lowest BCUT2D eigenvalue weighted by molar-refractivity contribution is 0.0946. The Morgan fingerprint density at radius 2 is 2.39 bits per heavy atom. The molecule has 1 fully saturated rings. The van der Waals surface area contributed by atoms with Gasteiger partial charge in [-0.1, -0.05) is 0 Å². The summed E-state index contributed by atoms with van der Waals surface area (Å²) in [6, 6.07) is 3.50. The van der Waals surface area contributed by atoms with E-state index in [1.165, 1.54) is 12.1 Å². The second kappa shape index (κ2) is 5.82. The van der Waals surface area contributed by atoms with E-state index in [-0.39, 0.29) is 11.3 Å². The molecule has 18 heavy (non-hydrogen) atoms. The Labute approximate surface area is 105 Å². The zero-order valence-corrected chi connectivity index (χ0v) is 9.99. The van der Waals surface area contributed by atoms with Gasteiger partial charge < -0.3 is 15.2 Å². The number of phenols is 1. The molecule has 1 aliphatic rings. The van der Waals surface area contributed by atoms with Crippen LogP contribution in [0.4, 0.5) is 4.39 Å². The summed E-state index contributed by atoms with van der Waals surface area (Å²) < 4.78 is 18.6. The summed E-state index contributed by atoms with van der Waals surface area (Å²) >= 11 is 0. The van der Waals surface area contributed by atoms with E-state index in [2.05, 4.69) is 5.32 Å². The maximum Gasteiger partial charge on any atom is 0.254 e. The summed E-state index contributed by atoms with van der Waals surface area (Å²) in [5.74, 6) is -0.870. The van der Waals surface area contributed by atoms with Gasteiger partial charge in [-0.05, 0) is 30.9 Å². The number of nitrogens with one attached hydrogen (secondary N) is 1. The zero-order chi connectivity index (χ0) is 13.0. The van der Waals surface area contributed by atoms with Crippen molar-refractivity contribution < 1.29 is 19.0 Å². The summed E-state index contributed by atoms with van der Waals surface area (Å²) in [4.78, 5) is 11.7. The average molecular weight is 253 g/mol. The van der Waals surface area contributed by atoms with Gasteiger partial charge in [0.05, 0.1) is 5.56 Å². The Morgan fingerprint density at radius 3 is 3.06 bits per heavy atom. The Bertz CT molecular complexity index is 430. The van der Waals surface area contributed by atoms with Gasteiger partial charge >= 0.3 is 0 Å². The maximum atomic E-state index is 13.4. The van der Waals surface area contributed by atoms with Crippen LogP contribution in [0.1, 0.15) is 23.2 Å². The van der Waals surface area contributed by atoms with Crippen molar-refractivity contribution in [1.82, 2.24) is 5.32 Å². The molecule has 2 N–H and O–H groups in total. The molecule has 1 atom stereocenters. The number of phenolic OH excluding ortho intramolecular Hbond substituents is 1. The summed E-state index contributed by atoms with van der Waals surface area (Å²) in [6.45, 7) is 2.03. The van der Waals surface area contributed by atoms with E-state index >= 15 is 0 Å². The zero-order valence-electron chi connectivity index (χ0n) is 9.99. The number of aromatic hydroxyl groups is 1. The van der Waals surface area contributed by atoms with Gasteiger partial charge in [-0.15, -0.1) is 0 Å². The van der Waals surface area contributed by atoms with Gasteiger partial charge in [-0.3, -0.25) is 4.79 Å². The molecule has 2 rings (SSSR count). The quantitative estimate of drug-likeness (QED) is 0.858. The first kappa shape index (κ1) is 12.8. The first-order valence-electron chi connectivity index (χ1n) is 6.01. The van der Waals surface area contributed by atoms with Crippen LogP contribution >= 0.6 is 0 Å². The van der Waals surface area contributed by atoms with E-state index in [9.17, 15) is 9.18 Å². The summed E-state index contributed by atoms with van der Waals surface area (Å²) in [5, 5.41) is 11.7. The van der Waals surface area contributed by atoms with Crippen LogP contribution in [0.15, 0.2) is 18.2 Å². The lowest BCUT2D eigenvalue weighted by atomic mass is 10.1. The topological polar surface area (TPSA) is 58.6 Å². The van der Waals surface area contributed by atoms with Crippen molar-refractivity contribution in [2.45, 2.75) is 12.8 Å². The van der Waals surface area contributed by atoms with E-state index < -0.39 is 11.7 Å². The number of hydrogen-bond donors (Lipinski definition) is 2. The second-order valence-corrected chi connectivity index (χ2v) is 4.44. The first-order chi connectivity index (χ1) is 8.66. The van der Waals surface area contributed by atoms with Gasteiger partial charge in [0.15, 0.2) is 0 Å². The monoisotopic (exact) mass is 253 g/mol. The number of ether oxygens (including phenoxy) is 1. The molecule has 5 heteroatoms. The number of benzene rings is 1. The molecule has 1 amide bonds. The number of carbonyl (C=O) groups is 1. The van der Waals surface area contributed by atoms with Crippen LogP contribution in [0.3, 0.4) is 0 Å². The Kier molecular flexibility index (Phi) is 4.15. The van der Waals surface area contributed by atoms with Crippen molar-refractivity contribution in [3.8, 4) is 5.75 Å². The molecule has 0 aromatic heterocycles. The molecule has 0 aliphatic carbocycles. The fraction of sp³-hybridized carbons (Fsp3) is 0.462. The molecule has 1 saturated heterocycles. The van der Waals surface area contributed by atoms with Crippen molar-refractivity contribution in [3.63, 3.8) is 0 Å². The minimum absolute atomic E-state index is 0.0459. The third-order valence-electron chi connectivity index (χ3n) is 3.06. The number of hydrogen-bond acceptors (Lipinski definition) is 3. The van der Waals surface area contributed by atoms with Crippen molar-refractivity contribution in [1.29, 1.82) is 0 Å². The molecular weight excluding hydrogens is 237 g/mol. The molecule has 0 spiro atoms. The van der Waals surface area contributed by atoms with Crippen molar-refractivity contribution in [2.75, 3.05) is 19.8 Å². The molecule has 1 aromatic carbocycles. The van der Waals surface area contributed by atoms with E-state index in [4.69, 9.17) is 9.84 Å². The fourth-order valence-electron chi connectivity index (χ4n) is 1.98. The van der Waals surface area contributed by atoms with E-state index in [1.54, 1.807) is 0 Å². The highest BCUT2D eigenvalue weighted by atomic mass is 19.1. The van der Waals surface area contributed by atoms with Crippen molar-refractivity contribution >= 4 is 5.91 Å². The summed E-state index contributed by atoms with van der Waals surface area (Å²) in [6.07, 6.45) is 1.86. The Hall–Kier alpha value is -1.62. The molecule has 1 aliphatic heterocycles. The van der Waals surface area contributed by atoms with Gasteiger partial charge in [-0.25, -0.2) is 4.39 Å². The van der Waals surface area contributed by atoms with E-state index in [0.717, 1.165) is 32.1 Å². The van der Waals surface area contributed by atoms with Gasteiger partial charge in [-0.2, -0.15) is 0 Å². The molecule has 4 nitrogen and oxygen atoms in total. The molecule has 1 unspecified atom stereocenters. The number of rotatable bonds is 4. The van der Waals surface area contributed by atoms with Gasteiger partial charge in [0.1, 0.15) is 11.6 Å². The molecule has 0 saturated carbocycles. The lowest BCUT2D eigenvalue weighted by Crippen LogP contribution is -2.26. The van der Waals surface area contributed by atoms with Gasteiger partial charge in [0, 0.05) is 25.8 Å². The molecular formula is C13H16FNO3. The maximum absolute atomic E-state index is 13.4. The molecule has 1 aromatic rings. The molecule has 1 heterocycles. The van der Waals surface area contributed by atoms with Crippen LogP contribution in [0.5, 0.6) is 5.75 Å². The number of carbonyl (C=O) groups excluding carboxylic acids is 1. The highest BCUT2D eigenvalue weighted by molar-refractivity contribution is 5.94. The SMILES string of the molecule is O=C(NCCC1CCOC1)c1ccc(O)cc1F. The minimum atomic E-state index is -0.711. The van der Waals surface area contributed by atoms with E-state index in [1.807, 2.05) is 0 Å². The minimum Gasteiger partial charge on any atom is -0.508 e. The summed E-state index contributed by atoms with van der Waals surface area (Å²) in [5.41, 5.74) is -0.0459. The van der Waals surface area contributed by atoms with Crippen LogP contribution in [0.25, 0.3) is 0 Å². The number of amides is 1. The lowest BCUT2D eigenvalue weighted by Gasteiger charge is -2.09. The van der Waals surface area contributed by atoms with Gasteiger partial charge in [0.2, 0.25) is 0 Å². The number of halogens is 1. The third kappa shape index (κ3) is 3.20. The van der Waals surface area contributed by atoms with Crippen LogP contribution in [-0.4, -0.2) is 30.8 Å². The van der Waals surface area contributed by atoms with Crippen LogP contribution in [0.2, 0.25) is 0 Å². The highest BCUT2D eigenvalue weighted by Gasteiger charge is 2.16. The van der Waals surface area contributed by atoms with Crippen molar-refractivity contribution in [3.05, 3.63) is 29.6 Å². The average Bonchev–Trinajstić information content (AvgIpc) is 2.81. The Balaban J connectivity index is 1.83. The third-order valence-corrected chi connectivity index (χ3v) is 3.06. The first-order valence-corrected chi connectivity index (χ1v) is 6.01. The Morgan fingerprint density at radius 1 is 1.56 bits per heavy atom. The van der Waals surface area contributed by atoms with E-state index in [0.29, 0.717) is 12.5 Å². The predicted octanol–water partition coefficient (Wildman–Crippen LogP) is 1.69. The molecule has 0 radical (unpaired) electrons. The standard InChI is InChI=1S/C13H16FNO3/c14-12-7-10(16)1-2-11(12)13(17)15-5-3-9-4-6-18-8-9/h1-2,7,9,16H,3-6,8H2,(H,15,17). The smallest absolute Gasteiger partial charge is 0.254 e. The summed E-state index contributed by atoms with van der Waals surface area (Å²) in [7, 11) is 0. The normalized spacial score (nSPS) is 18.8. The highest BCUT2D eigenvalue weighted by Crippen LogP contribution is 2.16. The van der Waals surface area contributed by atoms with Gasteiger partial charge in [0.25, 0.3) is 5.91 Å². The fourth-order valence-corrected chi connectivity index (χ4v) is 1.98.